The zero-order valence-electron chi connectivity index (χ0n) is 14.3. The zero-order valence-corrected chi connectivity index (χ0v) is 14.3. The van der Waals surface area contributed by atoms with Gasteiger partial charge in [0.2, 0.25) is 0 Å². The second-order valence-electron chi connectivity index (χ2n) is 6.16. The lowest BCUT2D eigenvalue weighted by Gasteiger charge is -2.03. The Bertz CT molecular complexity index is 1000. The first-order chi connectivity index (χ1) is 12.8. The van der Waals surface area contributed by atoms with Crippen molar-refractivity contribution in [2.75, 3.05) is 0 Å². The van der Waals surface area contributed by atoms with Gasteiger partial charge >= 0.3 is 0 Å². The molecule has 0 aliphatic heterocycles. The lowest BCUT2D eigenvalue weighted by molar-refractivity contribution is 0.0993. The molecule has 0 unspecified atom stereocenters. The summed E-state index contributed by atoms with van der Waals surface area (Å²) in [5.41, 5.74) is 3.60. The Balaban J connectivity index is 1.75. The molecule has 0 bridgehead atoms. The predicted octanol–water partition coefficient (Wildman–Crippen LogP) is 6.04. The molecule has 4 rings (SSSR count). The zero-order chi connectivity index (χ0) is 17.8. The molecule has 0 atom stereocenters. The van der Waals surface area contributed by atoms with Gasteiger partial charge in [0, 0.05) is 28.7 Å². The van der Waals surface area contributed by atoms with Gasteiger partial charge in [-0.05, 0) is 6.07 Å². The Morgan fingerprint density at radius 1 is 0.692 bits per heavy atom. The Labute approximate surface area is 152 Å². The summed E-state index contributed by atoms with van der Waals surface area (Å²) in [4.78, 5) is 12.7. The molecule has 3 aromatic carbocycles. The lowest BCUT2D eigenvalue weighted by Crippen LogP contribution is -2.03. The SMILES string of the molecule is O=C(Cc1cc(-c2ccccc2)oc1-c1ccccc1)c1ccccc1. The Morgan fingerprint density at radius 3 is 1.85 bits per heavy atom. The maximum Gasteiger partial charge on any atom is 0.167 e. The van der Waals surface area contributed by atoms with E-state index in [1.54, 1.807) is 0 Å². The topological polar surface area (TPSA) is 30.2 Å². The van der Waals surface area contributed by atoms with Gasteiger partial charge in [-0.1, -0.05) is 91.0 Å². The first-order valence-corrected chi connectivity index (χ1v) is 8.63. The second-order valence-corrected chi connectivity index (χ2v) is 6.16. The van der Waals surface area contributed by atoms with E-state index in [2.05, 4.69) is 0 Å². The van der Waals surface area contributed by atoms with Crippen LogP contribution in [0, 0.1) is 0 Å². The summed E-state index contributed by atoms with van der Waals surface area (Å²) < 4.78 is 6.17. The Morgan fingerprint density at radius 2 is 1.23 bits per heavy atom. The fraction of sp³-hybridized carbons (Fsp3) is 0.0417. The van der Waals surface area contributed by atoms with Crippen molar-refractivity contribution in [2.45, 2.75) is 6.42 Å². The van der Waals surface area contributed by atoms with Crippen LogP contribution in [0.1, 0.15) is 15.9 Å². The molecule has 2 nitrogen and oxygen atoms in total. The van der Waals surface area contributed by atoms with Gasteiger partial charge in [-0.25, -0.2) is 0 Å². The Kier molecular flexibility index (Phi) is 4.48. The number of benzene rings is 3. The molecule has 0 radical (unpaired) electrons. The summed E-state index contributed by atoms with van der Waals surface area (Å²) in [5.74, 6) is 1.62. The third-order valence-electron chi connectivity index (χ3n) is 4.35. The molecule has 0 fully saturated rings. The van der Waals surface area contributed by atoms with Crippen molar-refractivity contribution in [2.24, 2.45) is 0 Å². The minimum atomic E-state index is 0.0863. The molecule has 1 aromatic heterocycles. The van der Waals surface area contributed by atoms with Crippen molar-refractivity contribution in [3.63, 3.8) is 0 Å². The van der Waals surface area contributed by atoms with Crippen molar-refractivity contribution < 1.29 is 9.21 Å². The number of carbonyl (C=O) groups is 1. The van der Waals surface area contributed by atoms with E-state index in [0.717, 1.165) is 28.2 Å². The highest BCUT2D eigenvalue weighted by Crippen LogP contribution is 2.33. The van der Waals surface area contributed by atoms with E-state index >= 15 is 0 Å². The minimum absolute atomic E-state index is 0.0863. The highest BCUT2D eigenvalue weighted by atomic mass is 16.3. The molecule has 0 amide bonds. The van der Waals surface area contributed by atoms with Crippen LogP contribution < -0.4 is 0 Å². The quantitative estimate of drug-likeness (QED) is 0.415. The number of Topliss-reactive ketones (excluding diaryl/α,β-unsaturated/α-hetero) is 1. The summed E-state index contributed by atoms with van der Waals surface area (Å²) >= 11 is 0. The molecule has 126 valence electrons. The van der Waals surface area contributed by atoms with Gasteiger partial charge in [-0.3, -0.25) is 4.79 Å². The number of ketones is 1. The molecule has 4 aromatic rings. The first-order valence-electron chi connectivity index (χ1n) is 8.63. The van der Waals surface area contributed by atoms with E-state index in [-0.39, 0.29) is 5.78 Å². The summed E-state index contributed by atoms with van der Waals surface area (Å²) in [6.07, 6.45) is 0.310. The average molecular weight is 338 g/mol. The van der Waals surface area contributed by atoms with Crippen LogP contribution in [0.2, 0.25) is 0 Å². The molecule has 1 heterocycles. The van der Waals surface area contributed by atoms with Crippen molar-refractivity contribution in [1.82, 2.24) is 0 Å². The summed E-state index contributed by atoms with van der Waals surface area (Å²) in [7, 11) is 0. The summed E-state index contributed by atoms with van der Waals surface area (Å²) in [6.45, 7) is 0. The van der Waals surface area contributed by atoms with E-state index in [1.807, 2.05) is 97.1 Å². The fourth-order valence-corrected chi connectivity index (χ4v) is 3.04. The molecule has 2 heteroatoms. The van der Waals surface area contributed by atoms with Crippen LogP contribution in [-0.2, 0) is 6.42 Å². The fourth-order valence-electron chi connectivity index (χ4n) is 3.04. The Hall–Kier alpha value is -3.39. The molecule has 0 aliphatic rings. The predicted molar refractivity (Wildman–Crippen MR) is 104 cm³/mol. The molecular weight excluding hydrogens is 320 g/mol. The van der Waals surface area contributed by atoms with Crippen LogP contribution in [0.4, 0.5) is 0 Å². The normalized spacial score (nSPS) is 10.6. The summed E-state index contributed by atoms with van der Waals surface area (Å²) in [6, 6.07) is 31.3. The van der Waals surface area contributed by atoms with Crippen molar-refractivity contribution >= 4 is 5.78 Å². The number of hydrogen-bond donors (Lipinski definition) is 0. The van der Waals surface area contributed by atoms with Crippen LogP contribution in [-0.4, -0.2) is 5.78 Å². The molecule has 26 heavy (non-hydrogen) atoms. The number of hydrogen-bond acceptors (Lipinski definition) is 2. The first kappa shape index (κ1) is 16.1. The van der Waals surface area contributed by atoms with E-state index in [4.69, 9.17) is 4.42 Å². The standard InChI is InChI=1S/C24H18O2/c25-22(18-10-4-1-5-11-18)16-21-17-23(19-12-6-2-7-13-19)26-24(21)20-14-8-3-9-15-20/h1-15,17H,16H2. The van der Waals surface area contributed by atoms with Gasteiger partial charge in [0.1, 0.15) is 11.5 Å². The molecular formula is C24H18O2. The molecule has 0 saturated heterocycles. The van der Waals surface area contributed by atoms with E-state index in [9.17, 15) is 4.79 Å². The van der Waals surface area contributed by atoms with Crippen LogP contribution >= 0.6 is 0 Å². The maximum atomic E-state index is 12.7. The van der Waals surface area contributed by atoms with Gasteiger partial charge in [-0.15, -0.1) is 0 Å². The maximum absolute atomic E-state index is 12.7. The second kappa shape index (κ2) is 7.24. The van der Waals surface area contributed by atoms with Gasteiger partial charge < -0.3 is 4.42 Å². The van der Waals surface area contributed by atoms with Crippen LogP contribution in [0.15, 0.2) is 101 Å². The molecule has 0 N–H and O–H groups in total. The van der Waals surface area contributed by atoms with Gasteiger partial charge in [0.15, 0.2) is 5.78 Å². The summed E-state index contributed by atoms with van der Waals surface area (Å²) in [5, 5.41) is 0. The van der Waals surface area contributed by atoms with Crippen molar-refractivity contribution in [3.05, 3.63) is 108 Å². The van der Waals surface area contributed by atoms with E-state index in [1.165, 1.54) is 0 Å². The van der Waals surface area contributed by atoms with Gasteiger partial charge in [-0.2, -0.15) is 0 Å². The van der Waals surface area contributed by atoms with Crippen LogP contribution in [0.5, 0.6) is 0 Å². The van der Waals surface area contributed by atoms with Crippen LogP contribution in [0.25, 0.3) is 22.6 Å². The van der Waals surface area contributed by atoms with E-state index < -0.39 is 0 Å². The average Bonchev–Trinajstić information content (AvgIpc) is 3.14. The number of rotatable bonds is 5. The third-order valence-corrected chi connectivity index (χ3v) is 4.35. The van der Waals surface area contributed by atoms with Gasteiger partial charge in [0.05, 0.1) is 0 Å². The highest BCUT2D eigenvalue weighted by Gasteiger charge is 2.17. The smallest absolute Gasteiger partial charge is 0.167 e. The lowest BCUT2D eigenvalue weighted by atomic mass is 10.00. The molecule has 0 spiro atoms. The van der Waals surface area contributed by atoms with E-state index in [0.29, 0.717) is 12.0 Å². The number of furan rings is 1. The van der Waals surface area contributed by atoms with Gasteiger partial charge in [0.25, 0.3) is 0 Å². The largest absolute Gasteiger partial charge is 0.456 e. The third kappa shape index (κ3) is 3.35. The minimum Gasteiger partial charge on any atom is -0.456 e. The number of carbonyl (C=O) groups excluding carboxylic acids is 1. The van der Waals surface area contributed by atoms with Crippen LogP contribution in [0.3, 0.4) is 0 Å². The van der Waals surface area contributed by atoms with Crippen molar-refractivity contribution in [3.8, 4) is 22.6 Å². The molecule has 0 aliphatic carbocycles. The molecule has 0 saturated carbocycles. The van der Waals surface area contributed by atoms with Crippen molar-refractivity contribution in [1.29, 1.82) is 0 Å². The monoisotopic (exact) mass is 338 g/mol. The highest BCUT2D eigenvalue weighted by molar-refractivity contribution is 5.98.